The molecule has 0 aliphatic carbocycles. The maximum Gasteiger partial charge on any atom is 0.338 e. The van der Waals surface area contributed by atoms with E-state index in [0.717, 1.165) is 4.90 Å². The van der Waals surface area contributed by atoms with Crippen LogP contribution >= 0.6 is 0 Å². The molecule has 0 saturated carbocycles. The molecule has 7 nitrogen and oxygen atoms in total. The van der Waals surface area contributed by atoms with E-state index in [-0.39, 0.29) is 18.4 Å². The highest BCUT2D eigenvalue weighted by Crippen LogP contribution is 2.28. The zero-order chi connectivity index (χ0) is 19.0. The van der Waals surface area contributed by atoms with E-state index in [2.05, 4.69) is 5.16 Å². The largest absolute Gasteiger partial charge is 0.455 e. The molecule has 2 amide bonds. The number of nitrogens with zero attached hydrogens (tertiary/aromatic N) is 2. The molecule has 1 aliphatic rings. The van der Waals surface area contributed by atoms with Crippen LogP contribution in [0.15, 0.2) is 59.1 Å². The zero-order valence-electron chi connectivity index (χ0n) is 14.3. The van der Waals surface area contributed by atoms with Crippen molar-refractivity contribution in [2.45, 2.75) is 13.5 Å². The highest BCUT2D eigenvalue weighted by atomic mass is 16.5. The van der Waals surface area contributed by atoms with Gasteiger partial charge in [0.1, 0.15) is 18.1 Å². The minimum Gasteiger partial charge on any atom is -0.455 e. The Kier molecular flexibility index (Phi) is 4.04. The normalized spacial score (nSPS) is 13.0. The lowest BCUT2D eigenvalue weighted by molar-refractivity contribution is 0.0464. The predicted octanol–water partition coefficient (Wildman–Crippen LogP) is 3.14. The van der Waals surface area contributed by atoms with E-state index in [1.165, 1.54) is 12.1 Å². The number of carbonyl (C=O) groups excluding carboxylic acids is 3. The zero-order valence-corrected chi connectivity index (χ0v) is 14.3. The quantitative estimate of drug-likeness (QED) is 0.523. The van der Waals surface area contributed by atoms with E-state index in [1.807, 2.05) is 0 Å². The third kappa shape index (κ3) is 2.99. The van der Waals surface area contributed by atoms with Crippen LogP contribution in [0.4, 0.5) is 5.69 Å². The van der Waals surface area contributed by atoms with Gasteiger partial charge in [-0.1, -0.05) is 17.3 Å². The summed E-state index contributed by atoms with van der Waals surface area (Å²) in [5.74, 6) is -0.671. The minimum atomic E-state index is -0.537. The van der Waals surface area contributed by atoms with Crippen molar-refractivity contribution in [3.63, 3.8) is 0 Å². The summed E-state index contributed by atoms with van der Waals surface area (Å²) in [5, 5.41) is 3.75. The number of benzene rings is 2. The Bertz CT molecular complexity index is 1020. The molecule has 2 heterocycles. The second kappa shape index (κ2) is 6.53. The van der Waals surface area contributed by atoms with Crippen molar-refractivity contribution in [1.29, 1.82) is 0 Å². The van der Waals surface area contributed by atoms with E-state index in [9.17, 15) is 14.4 Å². The molecule has 1 aliphatic heterocycles. The van der Waals surface area contributed by atoms with Gasteiger partial charge in [-0.05, 0) is 43.3 Å². The maximum atomic E-state index is 12.5. The molecule has 0 spiro atoms. The van der Waals surface area contributed by atoms with E-state index in [1.54, 1.807) is 49.4 Å². The van der Waals surface area contributed by atoms with Crippen molar-refractivity contribution < 1.29 is 23.6 Å². The molecule has 0 bridgehead atoms. The highest BCUT2D eigenvalue weighted by molar-refractivity contribution is 6.34. The summed E-state index contributed by atoms with van der Waals surface area (Å²) in [6.45, 7) is 1.74. The molecule has 0 atom stereocenters. The smallest absolute Gasteiger partial charge is 0.338 e. The Morgan fingerprint density at radius 1 is 1.04 bits per heavy atom. The first-order valence-corrected chi connectivity index (χ1v) is 8.22. The van der Waals surface area contributed by atoms with Crippen LogP contribution < -0.4 is 4.90 Å². The lowest BCUT2D eigenvalue weighted by Crippen LogP contribution is -2.29. The molecule has 0 N–H and O–H groups in total. The topological polar surface area (TPSA) is 89.7 Å². The number of esters is 1. The van der Waals surface area contributed by atoms with Crippen molar-refractivity contribution in [2.75, 3.05) is 4.90 Å². The lowest BCUT2D eigenvalue weighted by Gasteiger charge is -2.14. The highest BCUT2D eigenvalue weighted by Gasteiger charge is 2.36. The third-order valence-electron chi connectivity index (χ3n) is 4.18. The molecule has 0 saturated heterocycles. The summed E-state index contributed by atoms with van der Waals surface area (Å²) in [4.78, 5) is 38.2. The molecule has 0 fully saturated rings. The summed E-state index contributed by atoms with van der Waals surface area (Å²) in [7, 11) is 0. The summed E-state index contributed by atoms with van der Waals surface area (Å²) in [6, 6.07) is 14.4. The third-order valence-corrected chi connectivity index (χ3v) is 4.18. The summed E-state index contributed by atoms with van der Waals surface area (Å²) < 4.78 is 10.1. The molecule has 1 aromatic heterocycles. The molecule has 0 radical (unpaired) electrons. The van der Waals surface area contributed by atoms with Gasteiger partial charge in [0.2, 0.25) is 0 Å². The molecule has 27 heavy (non-hydrogen) atoms. The van der Waals surface area contributed by atoms with Crippen LogP contribution in [0.25, 0.3) is 0 Å². The van der Waals surface area contributed by atoms with Gasteiger partial charge in [-0.15, -0.1) is 0 Å². The number of carbonyl (C=O) groups is 3. The second-order valence-corrected chi connectivity index (χ2v) is 6.04. The van der Waals surface area contributed by atoms with Gasteiger partial charge in [0.15, 0.2) is 0 Å². The van der Waals surface area contributed by atoms with Gasteiger partial charge in [0.25, 0.3) is 11.8 Å². The predicted molar refractivity (Wildman–Crippen MR) is 94.4 cm³/mol. The van der Waals surface area contributed by atoms with Gasteiger partial charge in [0.05, 0.1) is 22.4 Å². The molecule has 2 aromatic carbocycles. The second-order valence-electron chi connectivity index (χ2n) is 6.04. The van der Waals surface area contributed by atoms with Crippen molar-refractivity contribution >= 4 is 23.5 Å². The van der Waals surface area contributed by atoms with Crippen LogP contribution in [-0.4, -0.2) is 22.9 Å². The molecule has 3 aromatic rings. The van der Waals surface area contributed by atoms with Gasteiger partial charge in [-0.3, -0.25) is 9.59 Å². The molecule has 4 rings (SSSR count). The van der Waals surface area contributed by atoms with Gasteiger partial charge >= 0.3 is 5.97 Å². The van der Waals surface area contributed by atoms with Crippen LogP contribution in [0.2, 0.25) is 0 Å². The standard InChI is InChI=1S/C20H14N2O5/c1-12-10-14(21-27-12)11-26-20(25)13-6-8-15(9-7-13)22-18(23)16-4-2-3-5-17(16)19(22)24/h2-10H,11H2,1H3. The van der Waals surface area contributed by atoms with E-state index in [0.29, 0.717) is 33.8 Å². The van der Waals surface area contributed by atoms with Gasteiger partial charge in [-0.25, -0.2) is 9.69 Å². The molecule has 134 valence electrons. The van der Waals surface area contributed by atoms with E-state index >= 15 is 0 Å². The average molecular weight is 362 g/mol. The number of aryl methyl sites for hydroxylation is 1. The summed E-state index contributed by atoms with van der Waals surface area (Å²) >= 11 is 0. The first-order chi connectivity index (χ1) is 13.0. The Balaban J connectivity index is 1.49. The van der Waals surface area contributed by atoms with Crippen molar-refractivity contribution in [2.24, 2.45) is 0 Å². The van der Waals surface area contributed by atoms with Crippen LogP contribution in [0.5, 0.6) is 0 Å². The van der Waals surface area contributed by atoms with Crippen molar-refractivity contribution in [3.05, 3.63) is 82.7 Å². The van der Waals surface area contributed by atoms with Gasteiger partial charge < -0.3 is 9.26 Å². The Morgan fingerprint density at radius 2 is 1.67 bits per heavy atom. The van der Waals surface area contributed by atoms with Gasteiger partial charge in [0, 0.05) is 6.07 Å². The molecule has 7 heteroatoms. The number of hydrogen-bond donors (Lipinski definition) is 0. The SMILES string of the molecule is Cc1cc(COC(=O)c2ccc(N3C(=O)c4ccccc4C3=O)cc2)no1. The Labute approximate surface area is 154 Å². The molecular weight excluding hydrogens is 348 g/mol. The number of amides is 2. The fourth-order valence-corrected chi connectivity index (χ4v) is 2.88. The monoisotopic (exact) mass is 362 g/mol. The van der Waals surface area contributed by atoms with Crippen LogP contribution in [0, 0.1) is 6.92 Å². The van der Waals surface area contributed by atoms with E-state index in [4.69, 9.17) is 9.26 Å². The maximum absolute atomic E-state index is 12.5. The van der Waals surface area contributed by atoms with Gasteiger partial charge in [-0.2, -0.15) is 0 Å². The van der Waals surface area contributed by atoms with Crippen molar-refractivity contribution in [3.8, 4) is 0 Å². The number of imide groups is 1. The molecule has 0 unspecified atom stereocenters. The number of hydrogen-bond acceptors (Lipinski definition) is 6. The summed E-state index contributed by atoms with van der Waals surface area (Å²) in [6.07, 6.45) is 0. The van der Waals surface area contributed by atoms with Crippen LogP contribution in [0.3, 0.4) is 0 Å². The number of fused-ring (bicyclic) bond motifs is 1. The molecular formula is C20H14N2O5. The lowest BCUT2D eigenvalue weighted by atomic mass is 10.1. The fraction of sp³-hybridized carbons (Fsp3) is 0.100. The fourth-order valence-electron chi connectivity index (χ4n) is 2.88. The minimum absolute atomic E-state index is 0.00364. The van der Waals surface area contributed by atoms with E-state index < -0.39 is 5.97 Å². The number of rotatable bonds is 4. The Morgan fingerprint density at radius 3 is 2.22 bits per heavy atom. The summed E-state index contributed by atoms with van der Waals surface area (Å²) in [5.41, 5.74) is 1.95. The van der Waals surface area contributed by atoms with Crippen LogP contribution in [0.1, 0.15) is 42.5 Å². The number of aromatic nitrogens is 1. The van der Waals surface area contributed by atoms with Crippen molar-refractivity contribution in [1.82, 2.24) is 5.16 Å². The first kappa shape index (κ1) is 16.7. The number of anilines is 1. The van der Waals surface area contributed by atoms with Crippen LogP contribution in [-0.2, 0) is 11.3 Å². The number of ether oxygens (including phenoxy) is 1. The first-order valence-electron chi connectivity index (χ1n) is 8.22. The Hall–Kier alpha value is -3.74. The average Bonchev–Trinajstić information content (AvgIpc) is 3.22.